The van der Waals surface area contributed by atoms with Crippen LogP contribution in [0.25, 0.3) is 11.1 Å². The first-order chi connectivity index (χ1) is 9.40. The molecule has 0 aliphatic rings. The Morgan fingerprint density at radius 1 is 1.15 bits per heavy atom. The van der Waals surface area contributed by atoms with Crippen molar-refractivity contribution in [1.29, 1.82) is 0 Å². The predicted octanol–water partition coefficient (Wildman–Crippen LogP) is 3.10. The normalized spacial score (nSPS) is 10.8. The molecule has 0 unspecified atom stereocenters. The molecule has 104 valence electrons. The summed E-state index contributed by atoms with van der Waals surface area (Å²) in [7, 11) is 0. The summed E-state index contributed by atoms with van der Waals surface area (Å²) in [4.78, 5) is 23.5. The van der Waals surface area contributed by atoms with Crippen molar-refractivity contribution in [3.8, 4) is 11.1 Å². The molecule has 0 fully saturated rings. The van der Waals surface area contributed by atoms with Gasteiger partial charge in [-0.2, -0.15) is 0 Å². The van der Waals surface area contributed by atoms with Gasteiger partial charge in [-0.25, -0.2) is 4.79 Å². The molecule has 0 aliphatic carbocycles. The van der Waals surface area contributed by atoms with Crippen molar-refractivity contribution in [2.75, 3.05) is 0 Å². The number of hydrogen-bond donors (Lipinski definition) is 1. The van der Waals surface area contributed by atoms with E-state index in [0.29, 0.717) is 5.56 Å². The Morgan fingerprint density at radius 3 is 2.25 bits per heavy atom. The first-order valence-corrected chi connectivity index (χ1v) is 6.46. The van der Waals surface area contributed by atoms with E-state index in [1.54, 1.807) is 10.8 Å². The SMILES string of the molecule is Cc1ccc(-c2cn(C(C)C)cc(C(=O)O)c2=O)cc1. The Labute approximate surface area is 117 Å². The summed E-state index contributed by atoms with van der Waals surface area (Å²) in [6, 6.07) is 7.56. The number of carboxylic acids is 1. The molecule has 0 bridgehead atoms. The highest BCUT2D eigenvalue weighted by Gasteiger charge is 2.15. The van der Waals surface area contributed by atoms with Gasteiger partial charge in [0.1, 0.15) is 5.56 Å². The van der Waals surface area contributed by atoms with Gasteiger partial charge < -0.3 is 9.67 Å². The number of carbonyl (C=O) groups is 1. The average Bonchev–Trinajstić information content (AvgIpc) is 2.39. The van der Waals surface area contributed by atoms with E-state index >= 15 is 0 Å². The van der Waals surface area contributed by atoms with Gasteiger partial charge in [0.05, 0.1) is 0 Å². The third-order valence-corrected chi connectivity index (χ3v) is 3.23. The number of rotatable bonds is 3. The summed E-state index contributed by atoms with van der Waals surface area (Å²) in [5.74, 6) is -1.20. The molecule has 0 radical (unpaired) electrons. The third-order valence-electron chi connectivity index (χ3n) is 3.23. The minimum atomic E-state index is -1.20. The highest BCUT2D eigenvalue weighted by molar-refractivity contribution is 5.88. The van der Waals surface area contributed by atoms with E-state index < -0.39 is 11.4 Å². The van der Waals surface area contributed by atoms with E-state index in [2.05, 4.69) is 0 Å². The van der Waals surface area contributed by atoms with E-state index in [-0.39, 0.29) is 11.6 Å². The van der Waals surface area contributed by atoms with Crippen LogP contribution in [0.2, 0.25) is 0 Å². The van der Waals surface area contributed by atoms with Crippen LogP contribution in [-0.4, -0.2) is 15.6 Å². The molecule has 0 spiro atoms. The van der Waals surface area contributed by atoms with E-state index in [1.165, 1.54) is 6.20 Å². The lowest BCUT2D eigenvalue weighted by molar-refractivity contribution is 0.0694. The van der Waals surface area contributed by atoms with Crippen LogP contribution in [0.15, 0.2) is 41.5 Å². The molecule has 0 saturated heterocycles. The molecule has 0 atom stereocenters. The lowest BCUT2D eigenvalue weighted by atomic mass is 10.0. The van der Waals surface area contributed by atoms with Crippen LogP contribution in [0.5, 0.6) is 0 Å². The molecular formula is C16H17NO3. The van der Waals surface area contributed by atoms with Crippen LogP contribution < -0.4 is 5.43 Å². The molecule has 0 amide bonds. The maximum Gasteiger partial charge on any atom is 0.341 e. The van der Waals surface area contributed by atoms with Crippen LogP contribution in [0.3, 0.4) is 0 Å². The lowest BCUT2D eigenvalue weighted by Gasteiger charge is -2.14. The second-order valence-corrected chi connectivity index (χ2v) is 5.13. The molecule has 1 aromatic heterocycles. The fourth-order valence-electron chi connectivity index (χ4n) is 1.99. The molecular weight excluding hydrogens is 254 g/mol. The number of carboxylic acid groups (broad SMARTS) is 1. The van der Waals surface area contributed by atoms with Gasteiger partial charge in [-0.3, -0.25) is 4.79 Å². The molecule has 1 aromatic carbocycles. The first-order valence-electron chi connectivity index (χ1n) is 6.46. The monoisotopic (exact) mass is 271 g/mol. The minimum absolute atomic E-state index is 0.0814. The molecule has 1 N–H and O–H groups in total. The summed E-state index contributed by atoms with van der Waals surface area (Å²) >= 11 is 0. The maximum absolute atomic E-state index is 12.3. The highest BCUT2D eigenvalue weighted by Crippen LogP contribution is 2.18. The van der Waals surface area contributed by atoms with Crippen molar-refractivity contribution in [2.45, 2.75) is 26.8 Å². The van der Waals surface area contributed by atoms with Crippen molar-refractivity contribution in [2.24, 2.45) is 0 Å². The predicted molar refractivity (Wildman–Crippen MR) is 78.2 cm³/mol. The quantitative estimate of drug-likeness (QED) is 0.933. The number of aryl methyl sites for hydroxylation is 1. The molecule has 2 rings (SSSR count). The Balaban J connectivity index is 2.71. The molecule has 2 aromatic rings. The van der Waals surface area contributed by atoms with Crippen LogP contribution in [-0.2, 0) is 0 Å². The van der Waals surface area contributed by atoms with Gasteiger partial charge in [0.25, 0.3) is 0 Å². The maximum atomic E-state index is 12.3. The summed E-state index contributed by atoms with van der Waals surface area (Å²) in [6.45, 7) is 5.84. The Hall–Kier alpha value is -2.36. The second kappa shape index (κ2) is 5.33. The van der Waals surface area contributed by atoms with Crippen LogP contribution in [0, 0.1) is 6.92 Å². The van der Waals surface area contributed by atoms with Crippen LogP contribution in [0.4, 0.5) is 0 Å². The number of aromatic nitrogens is 1. The molecule has 20 heavy (non-hydrogen) atoms. The molecule has 1 heterocycles. The number of benzene rings is 1. The van der Waals surface area contributed by atoms with Gasteiger partial charge in [-0.15, -0.1) is 0 Å². The number of nitrogens with zero attached hydrogens (tertiary/aromatic N) is 1. The van der Waals surface area contributed by atoms with Crippen LogP contribution >= 0.6 is 0 Å². The number of aromatic carboxylic acids is 1. The Kier molecular flexibility index (Phi) is 3.74. The van der Waals surface area contributed by atoms with Gasteiger partial charge in [0.15, 0.2) is 0 Å². The molecule has 0 saturated carbocycles. The van der Waals surface area contributed by atoms with E-state index in [0.717, 1.165) is 11.1 Å². The smallest absolute Gasteiger partial charge is 0.341 e. The number of hydrogen-bond acceptors (Lipinski definition) is 2. The molecule has 4 heteroatoms. The third kappa shape index (κ3) is 2.64. The van der Waals surface area contributed by atoms with Gasteiger partial charge in [-0.1, -0.05) is 29.8 Å². The summed E-state index contributed by atoms with van der Waals surface area (Å²) < 4.78 is 1.75. The Morgan fingerprint density at radius 2 is 1.75 bits per heavy atom. The molecule has 0 aliphatic heterocycles. The van der Waals surface area contributed by atoms with Crippen molar-refractivity contribution >= 4 is 5.97 Å². The fourth-order valence-corrected chi connectivity index (χ4v) is 1.99. The van der Waals surface area contributed by atoms with E-state index in [1.807, 2.05) is 45.0 Å². The molecule has 4 nitrogen and oxygen atoms in total. The second-order valence-electron chi connectivity index (χ2n) is 5.13. The van der Waals surface area contributed by atoms with Gasteiger partial charge in [-0.05, 0) is 26.3 Å². The summed E-state index contributed by atoms with van der Waals surface area (Å²) in [5, 5.41) is 9.17. The average molecular weight is 271 g/mol. The zero-order chi connectivity index (χ0) is 14.9. The van der Waals surface area contributed by atoms with Crippen LogP contribution in [0.1, 0.15) is 35.8 Å². The van der Waals surface area contributed by atoms with Crippen molar-refractivity contribution in [1.82, 2.24) is 4.57 Å². The number of pyridine rings is 1. The van der Waals surface area contributed by atoms with E-state index in [4.69, 9.17) is 0 Å². The van der Waals surface area contributed by atoms with Crippen molar-refractivity contribution in [3.05, 3.63) is 58.0 Å². The van der Waals surface area contributed by atoms with E-state index in [9.17, 15) is 14.7 Å². The van der Waals surface area contributed by atoms with Gasteiger partial charge >= 0.3 is 5.97 Å². The minimum Gasteiger partial charge on any atom is -0.477 e. The topological polar surface area (TPSA) is 59.3 Å². The van der Waals surface area contributed by atoms with Crippen molar-refractivity contribution in [3.63, 3.8) is 0 Å². The highest BCUT2D eigenvalue weighted by atomic mass is 16.4. The van der Waals surface area contributed by atoms with Crippen molar-refractivity contribution < 1.29 is 9.90 Å². The lowest BCUT2D eigenvalue weighted by Crippen LogP contribution is -2.20. The van der Waals surface area contributed by atoms with Gasteiger partial charge in [0.2, 0.25) is 5.43 Å². The zero-order valence-corrected chi connectivity index (χ0v) is 11.8. The standard InChI is InChI=1S/C16H17NO3/c1-10(2)17-8-13(12-6-4-11(3)5-7-12)15(18)14(9-17)16(19)20/h4-10H,1-3H3,(H,19,20). The fraction of sp³-hybridized carbons (Fsp3) is 0.250. The zero-order valence-electron chi connectivity index (χ0n) is 11.8. The Bertz CT molecular complexity index is 697. The first kappa shape index (κ1) is 14.1. The largest absolute Gasteiger partial charge is 0.477 e. The summed E-state index contributed by atoms with van der Waals surface area (Å²) in [6.07, 6.45) is 3.11. The van der Waals surface area contributed by atoms with Gasteiger partial charge in [0, 0.05) is 24.0 Å². The summed E-state index contributed by atoms with van der Waals surface area (Å²) in [5.41, 5.74) is 1.60.